The highest BCUT2D eigenvalue weighted by Gasteiger charge is 2.26. The quantitative estimate of drug-likeness (QED) is 0.762. The molecule has 2 aromatic carbocycles. The predicted octanol–water partition coefficient (Wildman–Crippen LogP) is 4.16. The van der Waals surface area contributed by atoms with Crippen LogP contribution >= 0.6 is 15.9 Å². The molecule has 0 aromatic heterocycles. The number of hydrogen-bond acceptors (Lipinski definition) is 3. The van der Waals surface area contributed by atoms with E-state index in [1.807, 2.05) is 24.3 Å². The van der Waals surface area contributed by atoms with Crippen molar-refractivity contribution in [3.05, 3.63) is 63.9 Å². The van der Waals surface area contributed by atoms with Crippen molar-refractivity contribution in [2.45, 2.75) is 18.9 Å². The van der Waals surface area contributed by atoms with Crippen LogP contribution < -0.4 is 10.1 Å². The Hall–Kier alpha value is -1.92. The molecule has 0 aliphatic carbocycles. The lowest BCUT2D eigenvalue weighted by Crippen LogP contribution is -2.37. The zero-order valence-corrected chi connectivity index (χ0v) is 16.3. The van der Waals surface area contributed by atoms with Gasteiger partial charge in [0.2, 0.25) is 0 Å². The maximum Gasteiger partial charge on any atom is 0.254 e. The van der Waals surface area contributed by atoms with Gasteiger partial charge in [-0.3, -0.25) is 9.69 Å². The molecule has 1 aliphatic rings. The summed E-state index contributed by atoms with van der Waals surface area (Å²) in [6.45, 7) is 2.35. The number of para-hydroxylation sites is 1. The van der Waals surface area contributed by atoms with E-state index >= 15 is 0 Å². The summed E-state index contributed by atoms with van der Waals surface area (Å²) in [5, 5.41) is 2.89. The molecule has 3 rings (SSSR count). The van der Waals surface area contributed by atoms with Gasteiger partial charge in [-0.05, 0) is 50.2 Å². The Kier molecular flexibility index (Phi) is 6.27. The third-order valence-corrected chi connectivity index (χ3v) is 5.20. The second-order valence-electron chi connectivity index (χ2n) is 6.34. The molecule has 1 heterocycles. The molecule has 1 amide bonds. The molecule has 1 N–H and O–H groups in total. The van der Waals surface area contributed by atoms with Gasteiger partial charge in [0.05, 0.1) is 18.7 Å². The summed E-state index contributed by atoms with van der Waals surface area (Å²) in [5.74, 6) is -0.144. The maximum absolute atomic E-state index is 14.0. The number of rotatable bonds is 6. The highest BCUT2D eigenvalue weighted by molar-refractivity contribution is 9.10. The smallest absolute Gasteiger partial charge is 0.254 e. The summed E-state index contributed by atoms with van der Waals surface area (Å²) in [4.78, 5) is 14.8. The number of benzene rings is 2. The Morgan fingerprint density at radius 3 is 2.69 bits per heavy atom. The Bertz CT molecular complexity index is 778. The van der Waals surface area contributed by atoms with Crippen LogP contribution in [0.25, 0.3) is 0 Å². The van der Waals surface area contributed by atoms with Gasteiger partial charge in [0.15, 0.2) is 0 Å². The second kappa shape index (κ2) is 8.64. The number of halogens is 2. The van der Waals surface area contributed by atoms with E-state index in [2.05, 4.69) is 26.1 Å². The number of nitrogens with zero attached hydrogens (tertiary/aromatic N) is 1. The van der Waals surface area contributed by atoms with Crippen LogP contribution in [-0.2, 0) is 0 Å². The van der Waals surface area contributed by atoms with E-state index in [4.69, 9.17) is 4.74 Å². The standard InChI is InChI=1S/C20H22BrFN2O2/c1-26-19-7-3-2-6-16(19)18(24-10-4-5-11-24)13-23-20(25)15-9-8-14(21)12-17(15)22/h2-3,6-9,12,18H,4-5,10-11,13H2,1H3,(H,23,25). The lowest BCUT2D eigenvalue weighted by molar-refractivity contribution is 0.0933. The molecule has 0 radical (unpaired) electrons. The van der Waals surface area contributed by atoms with Crippen molar-refractivity contribution in [2.75, 3.05) is 26.7 Å². The third-order valence-electron chi connectivity index (χ3n) is 4.71. The van der Waals surface area contributed by atoms with E-state index in [0.717, 1.165) is 37.2 Å². The van der Waals surface area contributed by atoms with Crippen LogP contribution in [0.3, 0.4) is 0 Å². The minimum atomic E-state index is -0.535. The summed E-state index contributed by atoms with van der Waals surface area (Å²) in [6.07, 6.45) is 2.28. The van der Waals surface area contributed by atoms with Gasteiger partial charge >= 0.3 is 0 Å². The van der Waals surface area contributed by atoms with E-state index in [1.165, 1.54) is 12.1 Å². The van der Waals surface area contributed by atoms with E-state index in [1.54, 1.807) is 13.2 Å². The molecule has 1 aliphatic heterocycles. The summed E-state index contributed by atoms with van der Waals surface area (Å²) in [7, 11) is 1.65. The predicted molar refractivity (Wildman–Crippen MR) is 103 cm³/mol. The summed E-state index contributed by atoms with van der Waals surface area (Å²) < 4.78 is 20.2. The maximum atomic E-state index is 14.0. The molecule has 138 valence electrons. The van der Waals surface area contributed by atoms with Crippen molar-refractivity contribution < 1.29 is 13.9 Å². The van der Waals surface area contributed by atoms with Crippen LogP contribution in [0.15, 0.2) is 46.9 Å². The minimum Gasteiger partial charge on any atom is -0.496 e. The Balaban J connectivity index is 1.79. The molecule has 1 atom stereocenters. The number of methoxy groups -OCH3 is 1. The molecule has 0 bridgehead atoms. The van der Waals surface area contributed by atoms with Crippen molar-refractivity contribution in [2.24, 2.45) is 0 Å². The van der Waals surface area contributed by atoms with Crippen LogP contribution in [0.1, 0.15) is 34.8 Å². The number of carbonyl (C=O) groups is 1. The third kappa shape index (κ3) is 4.24. The number of likely N-dealkylation sites (tertiary alicyclic amines) is 1. The molecule has 1 saturated heterocycles. The molecule has 1 unspecified atom stereocenters. The minimum absolute atomic E-state index is 0.00360. The topological polar surface area (TPSA) is 41.6 Å². The van der Waals surface area contributed by atoms with E-state index in [-0.39, 0.29) is 11.6 Å². The summed E-state index contributed by atoms with van der Waals surface area (Å²) >= 11 is 3.21. The Morgan fingerprint density at radius 2 is 2.00 bits per heavy atom. The van der Waals surface area contributed by atoms with E-state index in [0.29, 0.717) is 11.0 Å². The molecule has 6 heteroatoms. The first-order valence-electron chi connectivity index (χ1n) is 8.70. The SMILES string of the molecule is COc1ccccc1C(CNC(=O)c1ccc(Br)cc1F)N1CCCC1. The first-order valence-corrected chi connectivity index (χ1v) is 9.49. The Morgan fingerprint density at radius 1 is 1.27 bits per heavy atom. The lowest BCUT2D eigenvalue weighted by atomic mass is 10.0. The number of nitrogens with one attached hydrogen (secondary N) is 1. The number of hydrogen-bond donors (Lipinski definition) is 1. The van der Waals surface area contributed by atoms with Gasteiger partial charge < -0.3 is 10.1 Å². The fourth-order valence-corrected chi connectivity index (χ4v) is 3.72. The molecule has 0 spiro atoms. The van der Waals surface area contributed by atoms with Crippen LogP contribution in [0, 0.1) is 5.82 Å². The highest BCUT2D eigenvalue weighted by atomic mass is 79.9. The Labute approximate surface area is 161 Å². The average molecular weight is 421 g/mol. The fraction of sp³-hybridized carbons (Fsp3) is 0.350. The van der Waals surface area contributed by atoms with Crippen LogP contribution in [0.4, 0.5) is 4.39 Å². The normalized spacial score (nSPS) is 15.7. The molecule has 1 fully saturated rings. The number of ether oxygens (including phenoxy) is 1. The van der Waals surface area contributed by atoms with Gasteiger partial charge in [-0.15, -0.1) is 0 Å². The van der Waals surface area contributed by atoms with Crippen molar-refractivity contribution in [1.82, 2.24) is 10.2 Å². The summed E-state index contributed by atoms with van der Waals surface area (Å²) in [5.41, 5.74) is 1.09. The highest BCUT2D eigenvalue weighted by Crippen LogP contribution is 2.31. The monoisotopic (exact) mass is 420 g/mol. The fourth-order valence-electron chi connectivity index (χ4n) is 3.39. The molecule has 2 aromatic rings. The van der Waals surface area contributed by atoms with Gasteiger partial charge in [-0.25, -0.2) is 4.39 Å². The van der Waals surface area contributed by atoms with Crippen LogP contribution in [-0.4, -0.2) is 37.6 Å². The van der Waals surface area contributed by atoms with E-state index in [9.17, 15) is 9.18 Å². The number of carbonyl (C=O) groups excluding carboxylic acids is 1. The van der Waals surface area contributed by atoms with Gasteiger partial charge in [-0.1, -0.05) is 34.1 Å². The summed E-state index contributed by atoms with van der Waals surface area (Å²) in [6, 6.07) is 12.3. The van der Waals surface area contributed by atoms with Gasteiger partial charge in [-0.2, -0.15) is 0 Å². The molecule has 4 nitrogen and oxygen atoms in total. The van der Waals surface area contributed by atoms with Crippen LogP contribution in [0.2, 0.25) is 0 Å². The largest absolute Gasteiger partial charge is 0.496 e. The van der Waals surface area contributed by atoms with Crippen molar-refractivity contribution in [3.63, 3.8) is 0 Å². The molecule has 0 saturated carbocycles. The van der Waals surface area contributed by atoms with Gasteiger partial charge in [0, 0.05) is 16.6 Å². The van der Waals surface area contributed by atoms with Gasteiger partial charge in [0.25, 0.3) is 5.91 Å². The first-order chi connectivity index (χ1) is 12.6. The van der Waals surface area contributed by atoms with Gasteiger partial charge in [0.1, 0.15) is 11.6 Å². The zero-order chi connectivity index (χ0) is 18.5. The van der Waals surface area contributed by atoms with Crippen LogP contribution in [0.5, 0.6) is 5.75 Å². The average Bonchev–Trinajstić information content (AvgIpc) is 3.16. The lowest BCUT2D eigenvalue weighted by Gasteiger charge is -2.29. The molecular formula is C20H22BrFN2O2. The molecule has 26 heavy (non-hydrogen) atoms. The van der Waals surface area contributed by atoms with Crippen molar-refractivity contribution in [1.29, 1.82) is 0 Å². The van der Waals surface area contributed by atoms with Crippen molar-refractivity contribution in [3.8, 4) is 5.75 Å². The molecular weight excluding hydrogens is 399 g/mol. The number of amides is 1. The second-order valence-corrected chi connectivity index (χ2v) is 7.25. The zero-order valence-electron chi connectivity index (χ0n) is 14.7. The van der Waals surface area contributed by atoms with E-state index < -0.39 is 11.7 Å². The first kappa shape index (κ1) is 18.9. The van der Waals surface area contributed by atoms with Crippen molar-refractivity contribution >= 4 is 21.8 Å².